The summed E-state index contributed by atoms with van der Waals surface area (Å²) in [6.45, 7) is 3.26. The minimum absolute atomic E-state index is 0.0530. The fourth-order valence-corrected chi connectivity index (χ4v) is 2.26. The molecule has 0 aliphatic rings. The predicted molar refractivity (Wildman–Crippen MR) is 92.8 cm³/mol. The van der Waals surface area contributed by atoms with Gasteiger partial charge in [-0.1, -0.05) is 29.8 Å². The molecule has 0 radical (unpaired) electrons. The van der Waals surface area contributed by atoms with E-state index in [4.69, 9.17) is 16.3 Å². The molecule has 2 rings (SSSR count). The Hall–Kier alpha value is -2.93. The second-order valence-electron chi connectivity index (χ2n) is 5.27. The topological polar surface area (TPSA) is 98.5 Å². The van der Waals surface area contributed by atoms with Gasteiger partial charge in [0.05, 0.1) is 15.5 Å². The van der Waals surface area contributed by atoms with Crippen molar-refractivity contribution in [2.75, 3.05) is 5.32 Å². The monoisotopic (exact) mass is 362 g/mol. The zero-order valence-electron chi connectivity index (χ0n) is 13.5. The van der Waals surface area contributed by atoms with E-state index in [1.165, 1.54) is 13.0 Å². The molecule has 0 unspecified atom stereocenters. The van der Waals surface area contributed by atoms with Crippen LogP contribution in [0.4, 0.5) is 11.4 Å². The highest BCUT2D eigenvalue weighted by Gasteiger charge is 2.22. The van der Waals surface area contributed by atoms with Gasteiger partial charge in [0, 0.05) is 17.8 Å². The highest BCUT2D eigenvalue weighted by atomic mass is 35.5. The standard InChI is InChI=1S/C17H15ClN2O5/c1-10-5-3-4-6-15(10)19-16(21)11(2)25-17(22)13-8-7-12(20(23)24)9-14(13)18/h3-9,11H,1-2H3,(H,19,21)/t11-/m0/s1. The summed E-state index contributed by atoms with van der Waals surface area (Å²) < 4.78 is 5.09. The summed E-state index contributed by atoms with van der Waals surface area (Å²) in [7, 11) is 0. The molecule has 130 valence electrons. The Bertz CT molecular complexity index is 838. The lowest BCUT2D eigenvalue weighted by molar-refractivity contribution is -0.384. The average Bonchev–Trinajstić information content (AvgIpc) is 2.56. The summed E-state index contributed by atoms with van der Waals surface area (Å²) >= 11 is 5.88. The number of nitrogens with one attached hydrogen (secondary N) is 1. The largest absolute Gasteiger partial charge is 0.449 e. The van der Waals surface area contributed by atoms with Gasteiger partial charge in [-0.15, -0.1) is 0 Å². The van der Waals surface area contributed by atoms with Gasteiger partial charge in [-0.3, -0.25) is 14.9 Å². The maximum absolute atomic E-state index is 12.1. The number of nitro benzene ring substituents is 1. The number of esters is 1. The maximum Gasteiger partial charge on any atom is 0.340 e. The zero-order chi connectivity index (χ0) is 18.6. The van der Waals surface area contributed by atoms with E-state index in [9.17, 15) is 19.7 Å². The van der Waals surface area contributed by atoms with Crippen molar-refractivity contribution in [1.29, 1.82) is 0 Å². The van der Waals surface area contributed by atoms with Gasteiger partial charge in [0.15, 0.2) is 6.10 Å². The van der Waals surface area contributed by atoms with Crippen LogP contribution < -0.4 is 5.32 Å². The van der Waals surface area contributed by atoms with Crippen molar-refractivity contribution in [3.63, 3.8) is 0 Å². The maximum atomic E-state index is 12.1. The second kappa shape index (κ2) is 7.76. The van der Waals surface area contributed by atoms with Crippen molar-refractivity contribution in [2.45, 2.75) is 20.0 Å². The first-order valence-electron chi connectivity index (χ1n) is 7.31. The van der Waals surface area contributed by atoms with Crippen molar-refractivity contribution in [2.24, 2.45) is 0 Å². The summed E-state index contributed by atoms with van der Waals surface area (Å²) in [6.07, 6.45) is -1.07. The third-order valence-electron chi connectivity index (χ3n) is 3.44. The molecular formula is C17H15ClN2O5. The van der Waals surface area contributed by atoms with Crippen molar-refractivity contribution < 1.29 is 19.2 Å². The number of anilines is 1. The fourth-order valence-electron chi connectivity index (χ4n) is 2.01. The van der Waals surface area contributed by atoms with Crippen LogP contribution in [-0.4, -0.2) is 22.9 Å². The number of non-ortho nitro benzene ring substituents is 1. The molecule has 0 aliphatic carbocycles. The summed E-state index contributed by atoms with van der Waals surface area (Å²) in [5, 5.41) is 13.2. The molecule has 2 aromatic rings. The number of hydrogen-bond acceptors (Lipinski definition) is 5. The summed E-state index contributed by atoms with van der Waals surface area (Å²) in [6, 6.07) is 10.6. The van der Waals surface area contributed by atoms with E-state index in [0.29, 0.717) is 5.69 Å². The van der Waals surface area contributed by atoms with Gasteiger partial charge in [0.1, 0.15) is 0 Å². The first kappa shape index (κ1) is 18.4. The van der Waals surface area contributed by atoms with Crippen molar-refractivity contribution >= 4 is 34.9 Å². The fraction of sp³-hybridized carbons (Fsp3) is 0.176. The van der Waals surface area contributed by atoms with Gasteiger partial charge >= 0.3 is 5.97 Å². The summed E-state index contributed by atoms with van der Waals surface area (Å²) in [4.78, 5) is 34.3. The number of para-hydroxylation sites is 1. The molecule has 1 atom stereocenters. The molecule has 0 aliphatic heterocycles. The smallest absolute Gasteiger partial charge is 0.340 e. The van der Waals surface area contributed by atoms with Crippen LogP contribution in [0.1, 0.15) is 22.8 Å². The van der Waals surface area contributed by atoms with E-state index in [0.717, 1.165) is 17.7 Å². The first-order chi connectivity index (χ1) is 11.8. The Kier molecular flexibility index (Phi) is 5.71. The minimum atomic E-state index is -1.07. The molecule has 0 saturated heterocycles. The summed E-state index contributed by atoms with van der Waals surface area (Å²) in [5.41, 5.74) is 1.19. The Balaban J connectivity index is 2.06. The molecule has 1 amide bonds. The molecule has 0 fully saturated rings. The molecule has 0 bridgehead atoms. The molecule has 1 N–H and O–H groups in total. The number of hydrogen-bond donors (Lipinski definition) is 1. The van der Waals surface area contributed by atoms with Gasteiger partial charge in [-0.2, -0.15) is 0 Å². The van der Waals surface area contributed by atoms with Crippen LogP contribution >= 0.6 is 11.6 Å². The lowest BCUT2D eigenvalue weighted by Crippen LogP contribution is -2.30. The highest BCUT2D eigenvalue weighted by Crippen LogP contribution is 2.23. The molecule has 0 spiro atoms. The van der Waals surface area contributed by atoms with Crippen LogP contribution in [0.3, 0.4) is 0 Å². The Morgan fingerprint density at radius 1 is 1.24 bits per heavy atom. The number of halogens is 1. The molecule has 8 heteroatoms. The average molecular weight is 363 g/mol. The number of carbonyl (C=O) groups is 2. The van der Waals surface area contributed by atoms with E-state index in [-0.39, 0.29) is 16.3 Å². The molecule has 0 aromatic heterocycles. The van der Waals surface area contributed by atoms with Crippen LogP contribution in [0.25, 0.3) is 0 Å². The number of carbonyl (C=O) groups excluding carboxylic acids is 2. The zero-order valence-corrected chi connectivity index (χ0v) is 14.2. The normalized spacial score (nSPS) is 11.5. The molecular weight excluding hydrogens is 348 g/mol. The van der Waals surface area contributed by atoms with E-state index < -0.39 is 22.9 Å². The Morgan fingerprint density at radius 3 is 2.52 bits per heavy atom. The number of aryl methyl sites for hydroxylation is 1. The highest BCUT2D eigenvalue weighted by molar-refractivity contribution is 6.33. The summed E-state index contributed by atoms with van der Waals surface area (Å²) in [5.74, 6) is -1.34. The number of ether oxygens (including phenoxy) is 1. The van der Waals surface area contributed by atoms with E-state index >= 15 is 0 Å². The van der Waals surface area contributed by atoms with Gasteiger partial charge in [-0.25, -0.2) is 4.79 Å². The SMILES string of the molecule is Cc1ccccc1NC(=O)[C@H](C)OC(=O)c1ccc([N+](=O)[O-])cc1Cl. The molecule has 7 nitrogen and oxygen atoms in total. The number of rotatable bonds is 5. The van der Waals surface area contributed by atoms with Crippen LogP contribution in [0.15, 0.2) is 42.5 Å². The number of nitrogens with zero attached hydrogens (tertiary/aromatic N) is 1. The molecule has 0 heterocycles. The lowest BCUT2D eigenvalue weighted by Gasteiger charge is -2.15. The third kappa shape index (κ3) is 4.54. The number of amides is 1. The molecule has 25 heavy (non-hydrogen) atoms. The quantitative estimate of drug-likeness (QED) is 0.496. The molecule has 2 aromatic carbocycles. The predicted octanol–water partition coefficient (Wildman–Crippen LogP) is 3.74. The van der Waals surface area contributed by atoms with Crippen LogP contribution in [-0.2, 0) is 9.53 Å². The van der Waals surface area contributed by atoms with Gasteiger partial charge < -0.3 is 10.1 Å². The van der Waals surface area contributed by atoms with E-state index in [1.54, 1.807) is 12.1 Å². The third-order valence-corrected chi connectivity index (χ3v) is 3.75. The second-order valence-corrected chi connectivity index (χ2v) is 5.68. The van der Waals surface area contributed by atoms with E-state index in [2.05, 4.69) is 5.32 Å². The van der Waals surface area contributed by atoms with Crippen LogP contribution in [0.5, 0.6) is 0 Å². The first-order valence-corrected chi connectivity index (χ1v) is 7.69. The van der Waals surface area contributed by atoms with Gasteiger partial charge in [0.2, 0.25) is 0 Å². The minimum Gasteiger partial charge on any atom is -0.449 e. The van der Waals surface area contributed by atoms with Gasteiger partial charge in [0.25, 0.3) is 11.6 Å². The van der Waals surface area contributed by atoms with Crippen molar-refractivity contribution in [1.82, 2.24) is 0 Å². The Morgan fingerprint density at radius 2 is 1.92 bits per heavy atom. The van der Waals surface area contributed by atoms with Gasteiger partial charge in [-0.05, 0) is 31.5 Å². The molecule has 0 saturated carbocycles. The Labute approximate surface area is 148 Å². The van der Waals surface area contributed by atoms with Crippen molar-refractivity contribution in [3.8, 4) is 0 Å². The van der Waals surface area contributed by atoms with E-state index in [1.807, 2.05) is 19.1 Å². The number of nitro groups is 1. The number of benzene rings is 2. The van der Waals surface area contributed by atoms with Crippen molar-refractivity contribution in [3.05, 3.63) is 68.7 Å². The van der Waals surface area contributed by atoms with Crippen LogP contribution in [0, 0.1) is 17.0 Å². The van der Waals surface area contributed by atoms with Crippen LogP contribution in [0.2, 0.25) is 5.02 Å². The lowest BCUT2D eigenvalue weighted by atomic mass is 10.2.